The maximum atomic E-state index is 13.8. The number of nitrogens with one attached hydrogen (secondary N) is 1. The van der Waals surface area contributed by atoms with Crippen molar-refractivity contribution in [2.45, 2.75) is 63.7 Å². The summed E-state index contributed by atoms with van der Waals surface area (Å²) in [5.41, 5.74) is 1.12. The number of rotatable bonds is 9. The minimum Gasteiger partial charge on any atom is -0.496 e. The lowest BCUT2D eigenvalue weighted by Crippen LogP contribution is -2.37. The van der Waals surface area contributed by atoms with E-state index in [9.17, 15) is 14.4 Å². The van der Waals surface area contributed by atoms with Gasteiger partial charge in [0, 0.05) is 11.6 Å². The molecule has 0 saturated heterocycles. The van der Waals surface area contributed by atoms with Crippen LogP contribution in [0.4, 0.5) is 0 Å². The van der Waals surface area contributed by atoms with Crippen LogP contribution in [0.5, 0.6) is 5.75 Å². The van der Waals surface area contributed by atoms with Gasteiger partial charge in [-0.05, 0) is 38.3 Å². The Kier molecular flexibility index (Phi) is 8.68. The monoisotopic (exact) mass is 529 g/mol. The average molecular weight is 530 g/mol. The van der Waals surface area contributed by atoms with Crippen molar-refractivity contribution >= 4 is 45.2 Å². The van der Waals surface area contributed by atoms with E-state index in [1.807, 2.05) is 24.3 Å². The number of thiophene rings is 1. The van der Waals surface area contributed by atoms with E-state index in [0.29, 0.717) is 31.6 Å². The molecular weight excluding hydrogens is 498 g/mol. The summed E-state index contributed by atoms with van der Waals surface area (Å²) in [4.78, 5) is 44.5. The summed E-state index contributed by atoms with van der Waals surface area (Å²) >= 11 is 2.38. The van der Waals surface area contributed by atoms with Gasteiger partial charge in [0.1, 0.15) is 15.5 Å². The van der Waals surface area contributed by atoms with Crippen molar-refractivity contribution in [3.63, 3.8) is 0 Å². The van der Waals surface area contributed by atoms with Gasteiger partial charge < -0.3 is 14.8 Å². The number of thioether (sulfide) groups is 1. The second-order valence-electron chi connectivity index (χ2n) is 8.75. The molecule has 10 heteroatoms. The normalized spacial score (nSPS) is 14.1. The number of nitrogens with zero attached hydrogens (tertiary/aromatic N) is 2. The van der Waals surface area contributed by atoms with Crippen molar-refractivity contribution < 1.29 is 19.1 Å². The van der Waals surface area contributed by atoms with Crippen molar-refractivity contribution in [2.24, 2.45) is 0 Å². The number of fused-ring (bicyclic) bond motifs is 1. The molecule has 0 unspecified atom stereocenters. The number of hydrogen-bond acceptors (Lipinski definition) is 8. The highest BCUT2D eigenvalue weighted by molar-refractivity contribution is 7.99. The van der Waals surface area contributed by atoms with Crippen molar-refractivity contribution in [3.8, 4) is 5.75 Å². The molecule has 0 spiro atoms. The minimum atomic E-state index is -0.463. The van der Waals surface area contributed by atoms with E-state index in [4.69, 9.17) is 14.5 Å². The van der Waals surface area contributed by atoms with Crippen LogP contribution in [0, 0.1) is 6.92 Å². The molecular formula is C26H31N3O5S2. The molecule has 4 rings (SSSR count). The van der Waals surface area contributed by atoms with Gasteiger partial charge >= 0.3 is 5.97 Å². The molecule has 2 heterocycles. The Morgan fingerprint density at radius 3 is 2.69 bits per heavy atom. The number of carbonyl (C=O) groups is 2. The highest BCUT2D eigenvalue weighted by Gasteiger charge is 2.24. The molecule has 1 fully saturated rings. The molecule has 0 radical (unpaired) electrons. The zero-order valence-electron chi connectivity index (χ0n) is 20.8. The predicted octanol–water partition coefficient (Wildman–Crippen LogP) is 4.54. The van der Waals surface area contributed by atoms with Crippen LogP contribution in [-0.4, -0.2) is 46.9 Å². The molecule has 8 nitrogen and oxygen atoms in total. The fraction of sp³-hybridized carbons (Fsp3) is 0.462. The summed E-state index contributed by atoms with van der Waals surface area (Å²) in [5, 5.41) is 3.94. The molecule has 1 aliphatic carbocycles. The largest absolute Gasteiger partial charge is 0.496 e. The van der Waals surface area contributed by atoms with Gasteiger partial charge in [0.2, 0.25) is 5.91 Å². The van der Waals surface area contributed by atoms with Crippen LogP contribution in [0.1, 0.15) is 59.8 Å². The van der Waals surface area contributed by atoms with E-state index < -0.39 is 5.97 Å². The molecule has 192 valence electrons. The Bertz CT molecular complexity index is 1310. The molecule has 1 aromatic carbocycles. The fourth-order valence-corrected chi connectivity index (χ4v) is 6.41. The van der Waals surface area contributed by atoms with E-state index in [1.54, 1.807) is 25.5 Å². The number of aryl methyl sites for hydroxylation is 1. The van der Waals surface area contributed by atoms with Crippen molar-refractivity contribution in [2.75, 3.05) is 19.5 Å². The summed E-state index contributed by atoms with van der Waals surface area (Å²) in [7, 11) is 1.59. The number of carbonyl (C=O) groups excluding carboxylic acids is 2. The quantitative estimate of drug-likeness (QED) is 0.247. The molecule has 3 aromatic rings. The van der Waals surface area contributed by atoms with Crippen LogP contribution in [0.2, 0.25) is 0 Å². The minimum absolute atomic E-state index is 0.0698. The van der Waals surface area contributed by atoms with Gasteiger partial charge in [0.05, 0.1) is 31.4 Å². The number of amides is 1. The number of methoxy groups -OCH3 is 1. The third-order valence-electron chi connectivity index (χ3n) is 6.30. The van der Waals surface area contributed by atoms with Crippen LogP contribution in [0.25, 0.3) is 10.2 Å². The molecule has 0 atom stereocenters. The van der Waals surface area contributed by atoms with Gasteiger partial charge in [-0.2, -0.15) is 0 Å². The zero-order chi connectivity index (χ0) is 25.7. The van der Waals surface area contributed by atoms with Gasteiger partial charge in [-0.15, -0.1) is 11.3 Å². The fourth-order valence-electron chi connectivity index (χ4n) is 4.49. The van der Waals surface area contributed by atoms with Gasteiger partial charge in [0.25, 0.3) is 5.56 Å². The summed E-state index contributed by atoms with van der Waals surface area (Å²) in [6.07, 6.45) is 5.49. The summed E-state index contributed by atoms with van der Waals surface area (Å²) in [6, 6.07) is 7.70. The van der Waals surface area contributed by atoms with Gasteiger partial charge in [0.15, 0.2) is 5.16 Å². The van der Waals surface area contributed by atoms with Gasteiger partial charge in [-0.3, -0.25) is 14.2 Å². The highest BCUT2D eigenvalue weighted by atomic mass is 32.2. The summed E-state index contributed by atoms with van der Waals surface area (Å²) in [5.74, 6) is 0.272. The first-order valence-corrected chi connectivity index (χ1v) is 14.0. The first-order chi connectivity index (χ1) is 17.4. The van der Waals surface area contributed by atoms with E-state index >= 15 is 0 Å². The molecule has 36 heavy (non-hydrogen) atoms. The van der Waals surface area contributed by atoms with E-state index in [0.717, 1.165) is 42.6 Å². The number of hydrogen-bond donors (Lipinski definition) is 1. The van der Waals surface area contributed by atoms with Crippen LogP contribution in [0.15, 0.2) is 34.2 Å². The van der Waals surface area contributed by atoms with E-state index in [-0.39, 0.29) is 36.4 Å². The summed E-state index contributed by atoms with van der Waals surface area (Å²) in [6.45, 7) is 3.95. The SMILES string of the molecule is CCOC(=O)c1sc2nc(SCC(=O)NC3CCCCC3)n(Cc3ccccc3OC)c(=O)c2c1C. The number of esters is 1. The van der Waals surface area contributed by atoms with Crippen LogP contribution in [-0.2, 0) is 16.1 Å². The van der Waals surface area contributed by atoms with Crippen molar-refractivity contribution in [1.29, 1.82) is 0 Å². The van der Waals surface area contributed by atoms with Crippen molar-refractivity contribution in [1.82, 2.24) is 14.9 Å². The molecule has 0 bridgehead atoms. The Balaban J connectivity index is 1.70. The Labute approximate surface area is 218 Å². The Hall–Kier alpha value is -2.85. The maximum Gasteiger partial charge on any atom is 0.348 e. The zero-order valence-corrected chi connectivity index (χ0v) is 22.4. The maximum absolute atomic E-state index is 13.8. The molecule has 1 N–H and O–H groups in total. The highest BCUT2D eigenvalue weighted by Crippen LogP contribution is 2.31. The lowest BCUT2D eigenvalue weighted by molar-refractivity contribution is -0.119. The predicted molar refractivity (Wildman–Crippen MR) is 142 cm³/mol. The number of benzene rings is 1. The lowest BCUT2D eigenvalue weighted by Gasteiger charge is -2.22. The molecule has 1 amide bonds. The molecule has 1 saturated carbocycles. The van der Waals surface area contributed by atoms with Crippen LogP contribution < -0.4 is 15.6 Å². The average Bonchev–Trinajstić information content (AvgIpc) is 3.22. The number of aromatic nitrogens is 2. The third kappa shape index (κ3) is 5.75. The second-order valence-corrected chi connectivity index (χ2v) is 10.7. The van der Waals surface area contributed by atoms with Gasteiger partial charge in [-0.25, -0.2) is 9.78 Å². The smallest absolute Gasteiger partial charge is 0.348 e. The molecule has 2 aromatic heterocycles. The first-order valence-electron chi connectivity index (χ1n) is 12.2. The molecule has 1 aliphatic rings. The summed E-state index contributed by atoms with van der Waals surface area (Å²) < 4.78 is 12.2. The first kappa shape index (κ1) is 26.2. The number of para-hydroxylation sites is 1. The number of ether oxygens (including phenoxy) is 2. The molecule has 0 aliphatic heterocycles. The topological polar surface area (TPSA) is 99.5 Å². The standard InChI is InChI=1S/C26H31N3O5S2/c1-4-34-25(32)22-16(2)21-23(36-22)28-26(35-15-20(30)27-18-11-6-5-7-12-18)29(24(21)31)14-17-10-8-9-13-19(17)33-3/h8-10,13,18H,4-7,11-12,14-15H2,1-3H3,(H,27,30). The third-order valence-corrected chi connectivity index (χ3v) is 8.44. The van der Waals surface area contributed by atoms with Crippen LogP contribution in [0.3, 0.4) is 0 Å². The Morgan fingerprint density at radius 2 is 1.97 bits per heavy atom. The van der Waals surface area contributed by atoms with E-state index in [1.165, 1.54) is 18.2 Å². The Morgan fingerprint density at radius 1 is 1.22 bits per heavy atom. The van der Waals surface area contributed by atoms with Gasteiger partial charge in [-0.1, -0.05) is 49.2 Å². The van der Waals surface area contributed by atoms with Crippen LogP contribution >= 0.6 is 23.1 Å². The van der Waals surface area contributed by atoms with Crippen molar-refractivity contribution in [3.05, 3.63) is 50.6 Å². The van der Waals surface area contributed by atoms with E-state index in [2.05, 4.69) is 5.32 Å². The second kappa shape index (κ2) is 11.9. The lowest BCUT2D eigenvalue weighted by atomic mass is 9.95.